The lowest BCUT2D eigenvalue weighted by Gasteiger charge is -2.08. The molecule has 1 aromatic rings. The van der Waals surface area contributed by atoms with Gasteiger partial charge in [0.15, 0.2) is 0 Å². The molecule has 17 heavy (non-hydrogen) atoms. The fraction of sp³-hybridized carbons (Fsp3) is 0.300. The van der Waals surface area contributed by atoms with E-state index in [2.05, 4.69) is 10.0 Å². The maximum absolute atomic E-state index is 11.6. The van der Waals surface area contributed by atoms with Crippen molar-refractivity contribution in [2.24, 2.45) is 0 Å². The summed E-state index contributed by atoms with van der Waals surface area (Å²) in [5.74, 6) is -0.338. The average molecular weight is 277 g/mol. The lowest BCUT2D eigenvalue weighted by molar-refractivity contribution is 0.0956. The number of hydrogen-bond acceptors (Lipinski definition) is 3. The molecule has 0 atom stereocenters. The van der Waals surface area contributed by atoms with E-state index >= 15 is 0 Å². The van der Waals surface area contributed by atoms with Gasteiger partial charge in [0.2, 0.25) is 10.0 Å². The molecule has 0 bridgehead atoms. The molecule has 0 heterocycles. The summed E-state index contributed by atoms with van der Waals surface area (Å²) >= 11 is 5.86. The fourth-order valence-corrected chi connectivity index (χ4v) is 1.99. The first-order valence-corrected chi connectivity index (χ1v) is 7.16. The van der Waals surface area contributed by atoms with E-state index in [1.807, 2.05) is 0 Å². The monoisotopic (exact) mass is 276 g/mol. The van der Waals surface area contributed by atoms with Crippen molar-refractivity contribution >= 4 is 33.2 Å². The van der Waals surface area contributed by atoms with Crippen molar-refractivity contribution in [3.63, 3.8) is 0 Å². The van der Waals surface area contributed by atoms with Crippen LogP contribution in [0, 0.1) is 0 Å². The maximum atomic E-state index is 11.6. The highest BCUT2D eigenvalue weighted by molar-refractivity contribution is 7.92. The van der Waals surface area contributed by atoms with Crippen LogP contribution in [0.4, 0.5) is 5.69 Å². The molecule has 0 saturated carbocycles. The zero-order chi connectivity index (χ0) is 13.1. The van der Waals surface area contributed by atoms with Gasteiger partial charge in [0.05, 0.1) is 16.8 Å². The van der Waals surface area contributed by atoms with Gasteiger partial charge < -0.3 is 5.32 Å². The van der Waals surface area contributed by atoms with Gasteiger partial charge in [0.25, 0.3) is 5.91 Å². The van der Waals surface area contributed by atoms with E-state index in [1.165, 1.54) is 18.2 Å². The summed E-state index contributed by atoms with van der Waals surface area (Å²) < 4.78 is 24.4. The predicted molar refractivity (Wildman–Crippen MR) is 67.9 cm³/mol. The summed E-state index contributed by atoms with van der Waals surface area (Å²) in [6, 6.07) is 4.36. The number of anilines is 1. The number of hydrogen-bond donors (Lipinski definition) is 2. The largest absolute Gasteiger partial charge is 0.352 e. The number of amides is 1. The Morgan fingerprint density at radius 2 is 2.06 bits per heavy atom. The van der Waals surface area contributed by atoms with Crippen molar-refractivity contribution < 1.29 is 13.2 Å². The Balaban J connectivity index is 3.06. The van der Waals surface area contributed by atoms with Crippen LogP contribution in [-0.4, -0.2) is 27.1 Å². The second kappa shape index (κ2) is 5.37. The summed E-state index contributed by atoms with van der Waals surface area (Å²) in [5.41, 5.74) is 0.542. The van der Waals surface area contributed by atoms with Crippen LogP contribution in [0.15, 0.2) is 18.2 Å². The van der Waals surface area contributed by atoms with Gasteiger partial charge in [-0.15, -0.1) is 0 Å². The van der Waals surface area contributed by atoms with Gasteiger partial charge in [0.1, 0.15) is 0 Å². The molecule has 0 unspecified atom stereocenters. The molecule has 0 fully saturated rings. The second-order valence-electron chi connectivity index (χ2n) is 3.43. The topological polar surface area (TPSA) is 75.3 Å². The van der Waals surface area contributed by atoms with E-state index in [9.17, 15) is 13.2 Å². The first kappa shape index (κ1) is 13.8. The molecule has 1 amide bonds. The molecule has 1 aromatic carbocycles. The summed E-state index contributed by atoms with van der Waals surface area (Å²) in [6.07, 6.45) is 1.04. The lowest BCUT2D eigenvalue weighted by Crippen LogP contribution is -2.23. The van der Waals surface area contributed by atoms with E-state index in [-0.39, 0.29) is 16.5 Å². The van der Waals surface area contributed by atoms with Crippen LogP contribution in [0.1, 0.15) is 17.3 Å². The standard InChI is InChI=1S/C10H13ClN2O3S/c1-3-12-10(14)8-6-7(4-5-9(8)11)13-17(2,15)16/h4-6,13H,3H2,1-2H3,(H,12,14). The molecule has 0 aliphatic rings. The van der Waals surface area contributed by atoms with Crippen molar-refractivity contribution in [2.45, 2.75) is 6.92 Å². The molecule has 94 valence electrons. The van der Waals surface area contributed by atoms with Gasteiger partial charge in [-0.3, -0.25) is 9.52 Å². The van der Waals surface area contributed by atoms with Crippen LogP contribution in [-0.2, 0) is 10.0 Å². The molecule has 0 saturated heterocycles. The van der Waals surface area contributed by atoms with Gasteiger partial charge in [-0.05, 0) is 25.1 Å². The molecule has 7 heteroatoms. The van der Waals surface area contributed by atoms with Crippen LogP contribution < -0.4 is 10.0 Å². The third-order valence-corrected chi connectivity index (χ3v) is 2.79. The van der Waals surface area contributed by atoms with E-state index in [1.54, 1.807) is 6.92 Å². The molecule has 0 radical (unpaired) electrons. The number of nitrogens with one attached hydrogen (secondary N) is 2. The third-order valence-electron chi connectivity index (χ3n) is 1.85. The molecule has 1 rings (SSSR count). The van der Waals surface area contributed by atoms with Gasteiger partial charge >= 0.3 is 0 Å². The quantitative estimate of drug-likeness (QED) is 0.874. The molecule has 0 spiro atoms. The van der Waals surface area contributed by atoms with Crippen molar-refractivity contribution in [1.82, 2.24) is 5.32 Å². The molecular weight excluding hydrogens is 264 g/mol. The van der Waals surface area contributed by atoms with E-state index in [0.717, 1.165) is 6.26 Å². The predicted octanol–water partition coefficient (Wildman–Crippen LogP) is 1.46. The second-order valence-corrected chi connectivity index (χ2v) is 5.58. The van der Waals surface area contributed by atoms with Crippen LogP contribution in [0.2, 0.25) is 5.02 Å². The molecule has 2 N–H and O–H groups in total. The summed E-state index contributed by atoms with van der Waals surface area (Å²) in [7, 11) is -3.37. The van der Waals surface area contributed by atoms with Crippen molar-refractivity contribution in [1.29, 1.82) is 0 Å². The highest BCUT2D eigenvalue weighted by Gasteiger charge is 2.11. The van der Waals surface area contributed by atoms with Crippen molar-refractivity contribution in [3.05, 3.63) is 28.8 Å². The zero-order valence-corrected chi connectivity index (χ0v) is 11.0. The fourth-order valence-electron chi connectivity index (χ4n) is 1.23. The Kier molecular flexibility index (Phi) is 4.36. The normalized spacial score (nSPS) is 11.0. The zero-order valence-electron chi connectivity index (χ0n) is 9.45. The van der Waals surface area contributed by atoms with Gasteiger partial charge in [0, 0.05) is 12.2 Å². The number of halogens is 1. The Labute approximate surface area is 105 Å². The molecular formula is C10H13ClN2O3S. The summed E-state index contributed by atoms with van der Waals surface area (Å²) in [5, 5.41) is 2.87. The van der Waals surface area contributed by atoms with Gasteiger partial charge in [-0.25, -0.2) is 8.42 Å². The number of carbonyl (C=O) groups excluding carboxylic acids is 1. The third kappa shape index (κ3) is 4.24. The summed E-state index contributed by atoms with van der Waals surface area (Å²) in [4.78, 5) is 11.6. The SMILES string of the molecule is CCNC(=O)c1cc(NS(C)(=O)=O)ccc1Cl. The Morgan fingerprint density at radius 3 is 2.59 bits per heavy atom. The first-order chi connectivity index (χ1) is 7.83. The highest BCUT2D eigenvalue weighted by Crippen LogP contribution is 2.21. The average Bonchev–Trinajstić information content (AvgIpc) is 2.19. The Morgan fingerprint density at radius 1 is 1.41 bits per heavy atom. The smallest absolute Gasteiger partial charge is 0.252 e. The van der Waals surface area contributed by atoms with E-state index in [4.69, 9.17) is 11.6 Å². The first-order valence-electron chi connectivity index (χ1n) is 4.89. The van der Waals surface area contributed by atoms with Crippen molar-refractivity contribution in [3.8, 4) is 0 Å². The van der Waals surface area contributed by atoms with Crippen LogP contribution in [0.25, 0.3) is 0 Å². The summed E-state index contributed by atoms with van der Waals surface area (Å²) in [6.45, 7) is 2.25. The number of benzene rings is 1. The Bertz CT molecular complexity index is 528. The molecule has 0 aromatic heterocycles. The van der Waals surface area contributed by atoms with Gasteiger partial charge in [-0.1, -0.05) is 11.6 Å². The maximum Gasteiger partial charge on any atom is 0.252 e. The molecule has 0 aliphatic heterocycles. The van der Waals surface area contributed by atoms with Crippen LogP contribution in [0.5, 0.6) is 0 Å². The Hall–Kier alpha value is -1.27. The van der Waals surface area contributed by atoms with Crippen molar-refractivity contribution in [2.75, 3.05) is 17.5 Å². The minimum atomic E-state index is -3.37. The van der Waals surface area contributed by atoms with Gasteiger partial charge in [-0.2, -0.15) is 0 Å². The number of carbonyl (C=O) groups is 1. The highest BCUT2D eigenvalue weighted by atomic mass is 35.5. The van der Waals surface area contributed by atoms with E-state index < -0.39 is 10.0 Å². The van der Waals surface area contributed by atoms with Crippen LogP contribution >= 0.6 is 11.6 Å². The van der Waals surface area contributed by atoms with Crippen LogP contribution in [0.3, 0.4) is 0 Å². The molecule has 5 nitrogen and oxygen atoms in total. The minimum Gasteiger partial charge on any atom is -0.352 e. The minimum absolute atomic E-state index is 0.238. The molecule has 0 aliphatic carbocycles. The number of sulfonamides is 1. The number of rotatable bonds is 4. The lowest BCUT2D eigenvalue weighted by atomic mass is 10.2. The van der Waals surface area contributed by atoms with E-state index in [0.29, 0.717) is 12.2 Å².